The quantitative estimate of drug-likeness (QED) is 0.621. The average molecular weight is 393 g/mol. The molecular formula is C13H5Cl4N3OS. The van der Waals surface area contributed by atoms with Crippen LogP contribution in [0.1, 0.15) is 10.5 Å². The summed E-state index contributed by atoms with van der Waals surface area (Å²) in [6.45, 7) is 0. The third kappa shape index (κ3) is 3.00. The Hall–Kier alpha value is -1.11. The summed E-state index contributed by atoms with van der Waals surface area (Å²) in [5.74, 6) is -0.520. The van der Waals surface area contributed by atoms with Crippen LogP contribution in [-0.4, -0.2) is 15.9 Å². The van der Waals surface area contributed by atoms with E-state index in [0.29, 0.717) is 10.2 Å². The summed E-state index contributed by atoms with van der Waals surface area (Å²) in [4.78, 5) is 20.4. The minimum Gasteiger partial charge on any atom is -0.296 e. The molecule has 9 heteroatoms. The summed E-state index contributed by atoms with van der Waals surface area (Å²) in [5, 5.41) is 3.90. The van der Waals surface area contributed by atoms with Crippen LogP contribution < -0.4 is 5.32 Å². The van der Waals surface area contributed by atoms with Crippen molar-refractivity contribution >= 4 is 79.0 Å². The molecule has 1 amide bonds. The van der Waals surface area contributed by atoms with E-state index in [9.17, 15) is 4.79 Å². The average Bonchev–Trinajstić information content (AvgIpc) is 2.86. The van der Waals surface area contributed by atoms with E-state index >= 15 is 0 Å². The summed E-state index contributed by atoms with van der Waals surface area (Å²) < 4.78 is 0.857. The zero-order valence-electron chi connectivity index (χ0n) is 10.5. The van der Waals surface area contributed by atoms with Crippen LogP contribution >= 0.6 is 57.7 Å². The number of halogens is 4. The van der Waals surface area contributed by atoms with Gasteiger partial charge < -0.3 is 0 Å². The second kappa shape index (κ2) is 6.18. The number of carbonyl (C=O) groups is 1. The summed E-state index contributed by atoms with van der Waals surface area (Å²) in [6.07, 6.45) is 1.27. The van der Waals surface area contributed by atoms with E-state index in [-0.39, 0.29) is 20.8 Å². The Morgan fingerprint density at radius 3 is 2.68 bits per heavy atom. The first-order valence-electron chi connectivity index (χ1n) is 5.82. The molecule has 0 bridgehead atoms. The molecule has 0 aliphatic carbocycles. The number of pyridine rings is 1. The number of hydrogen-bond acceptors (Lipinski definition) is 4. The predicted molar refractivity (Wildman–Crippen MR) is 91.9 cm³/mol. The Morgan fingerprint density at radius 2 is 1.91 bits per heavy atom. The van der Waals surface area contributed by atoms with E-state index in [1.807, 2.05) is 0 Å². The molecule has 2 heterocycles. The summed E-state index contributed by atoms with van der Waals surface area (Å²) in [7, 11) is 0. The maximum Gasteiger partial charge on any atom is 0.277 e. The predicted octanol–water partition coefficient (Wildman–Crippen LogP) is 5.56. The second-order valence-electron chi connectivity index (χ2n) is 4.17. The van der Waals surface area contributed by atoms with Crippen molar-refractivity contribution in [2.75, 3.05) is 5.32 Å². The van der Waals surface area contributed by atoms with Gasteiger partial charge in [0, 0.05) is 11.2 Å². The molecule has 0 fully saturated rings. The van der Waals surface area contributed by atoms with Crippen LogP contribution in [0.3, 0.4) is 0 Å². The molecule has 0 saturated carbocycles. The molecule has 3 aromatic rings. The topological polar surface area (TPSA) is 54.9 Å². The fraction of sp³-hybridized carbons (Fsp3) is 0. The van der Waals surface area contributed by atoms with E-state index in [2.05, 4.69) is 15.3 Å². The Kier molecular flexibility index (Phi) is 4.43. The minimum atomic E-state index is -0.520. The Morgan fingerprint density at radius 1 is 1.14 bits per heavy atom. The van der Waals surface area contributed by atoms with Crippen molar-refractivity contribution in [3.8, 4) is 0 Å². The number of nitrogens with one attached hydrogen (secondary N) is 1. The first-order valence-corrected chi connectivity index (χ1v) is 8.15. The van der Waals surface area contributed by atoms with Gasteiger partial charge in [-0.05, 0) is 18.2 Å². The van der Waals surface area contributed by atoms with Crippen molar-refractivity contribution < 1.29 is 4.79 Å². The molecule has 0 aliphatic rings. The van der Waals surface area contributed by atoms with Crippen LogP contribution in [0.4, 0.5) is 5.13 Å². The van der Waals surface area contributed by atoms with Gasteiger partial charge in [0.25, 0.3) is 5.91 Å². The van der Waals surface area contributed by atoms with Crippen LogP contribution in [0.2, 0.25) is 20.1 Å². The smallest absolute Gasteiger partial charge is 0.277 e. The van der Waals surface area contributed by atoms with E-state index in [0.717, 1.165) is 10.2 Å². The van der Waals surface area contributed by atoms with Crippen molar-refractivity contribution in [2.24, 2.45) is 0 Å². The Balaban J connectivity index is 1.91. The van der Waals surface area contributed by atoms with Gasteiger partial charge in [0.05, 0.1) is 25.3 Å². The lowest BCUT2D eigenvalue weighted by molar-refractivity contribution is 0.102. The van der Waals surface area contributed by atoms with Gasteiger partial charge in [-0.3, -0.25) is 10.1 Å². The lowest BCUT2D eigenvalue weighted by Crippen LogP contribution is -2.14. The van der Waals surface area contributed by atoms with Crippen LogP contribution in [0.5, 0.6) is 0 Å². The van der Waals surface area contributed by atoms with Crippen molar-refractivity contribution in [1.82, 2.24) is 9.97 Å². The van der Waals surface area contributed by atoms with Gasteiger partial charge >= 0.3 is 0 Å². The molecule has 0 spiro atoms. The van der Waals surface area contributed by atoms with E-state index < -0.39 is 5.91 Å². The molecule has 0 atom stereocenters. The number of nitrogens with zero attached hydrogens (tertiary/aromatic N) is 2. The molecule has 0 unspecified atom stereocenters. The van der Waals surface area contributed by atoms with Crippen LogP contribution in [0.25, 0.3) is 10.2 Å². The van der Waals surface area contributed by atoms with Crippen molar-refractivity contribution in [3.63, 3.8) is 0 Å². The second-order valence-corrected chi connectivity index (χ2v) is 6.80. The van der Waals surface area contributed by atoms with Crippen LogP contribution in [-0.2, 0) is 0 Å². The maximum atomic E-state index is 12.2. The number of thiazole rings is 1. The molecule has 3 rings (SSSR count). The van der Waals surface area contributed by atoms with Crippen LogP contribution in [0.15, 0.2) is 24.4 Å². The molecule has 0 saturated heterocycles. The largest absolute Gasteiger partial charge is 0.296 e. The number of aromatic nitrogens is 2. The van der Waals surface area contributed by atoms with Gasteiger partial charge in [0.2, 0.25) is 0 Å². The minimum absolute atomic E-state index is 0.00387. The van der Waals surface area contributed by atoms with Crippen molar-refractivity contribution in [3.05, 3.63) is 50.2 Å². The highest BCUT2D eigenvalue weighted by Crippen LogP contribution is 2.32. The molecule has 0 radical (unpaired) electrons. The fourth-order valence-corrected chi connectivity index (χ4v) is 3.41. The number of rotatable bonds is 2. The highest BCUT2D eigenvalue weighted by atomic mass is 35.5. The van der Waals surface area contributed by atoms with E-state index in [1.165, 1.54) is 17.5 Å². The first kappa shape index (κ1) is 15.8. The third-order valence-electron chi connectivity index (χ3n) is 2.70. The maximum absolute atomic E-state index is 12.2. The van der Waals surface area contributed by atoms with E-state index in [1.54, 1.807) is 18.2 Å². The SMILES string of the molecule is O=C(Nc1nc2ccc(Cl)cc2s1)c1ncc(Cl)c(Cl)c1Cl. The molecule has 1 aromatic carbocycles. The number of amides is 1. The molecular weight excluding hydrogens is 388 g/mol. The summed E-state index contributed by atoms with van der Waals surface area (Å²) in [6, 6.07) is 5.27. The van der Waals surface area contributed by atoms with E-state index in [4.69, 9.17) is 46.4 Å². The van der Waals surface area contributed by atoms with Gasteiger partial charge in [-0.25, -0.2) is 9.97 Å². The van der Waals surface area contributed by atoms with Gasteiger partial charge in [-0.15, -0.1) is 0 Å². The summed E-state index contributed by atoms with van der Waals surface area (Å²) in [5.41, 5.74) is 0.714. The van der Waals surface area contributed by atoms with Gasteiger partial charge in [-0.2, -0.15) is 0 Å². The molecule has 2 aromatic heterocycles. The molecule has 4 nitrogen and oxygen atoms in total. The highest BCUT2D eigenvalue weighted by molar-refractivity contribution is 7.22. The van der Waals surface area contributed by atoms with Crippen molar-refractivity contribution in [2.45, 2.75) is 0 Å². The lowest BCUT2D eigenvalue weighted by Gasteiger charge is -2.05. The summed E-state index contributed by atoms with van der Waals surface area (Å²) >= 11 is 24.9. The number of benzene rings is 1. The normalized spacial score (nSPS) is 10.9. The van der Waals surface area contributed by atoms with Gasteiger partial charge in [0.1, 0.15) is 5.69 Å². The zero-order chi connectivity index (χ0) is 15.9. The van der Waals surface area contributed by atoms with Crippen LogP contribution in [0, 0.1) is 0 Å². The Bertz CT molecular complexity index is 896. The molecule has 0 aliphatic heterocycles. The zero-order valence-corrected chi connectivity index (χ0v) is 14.4. The van der Waals surface area contributed by atoms with Gasteiger partial charge in [-0.1, -0.05) is 57.7 Å². The molecule has 1 N–H and O–H groups in total. The number of hydrogen-bond donors (Lipinski definition) is 1. The lowest BCUT2D eigenvalue weighted by atomic mass is 10.3. The first-order chi connectivity index (χ1) is 10.5. The molecule has 22 heavy (non-hydrogen) atoms. The highest BCUT2D eigenvalue weighted by Gasteiger charge is 2.18. The molecule has 112 valence electrons. The van der Waals surface area contributed by atoms with Gasteiger partial charge in [0.15, 0.2) is 5.13 Å². The Labute approximate surface area is 149 Å². The monoisotopic (exact) mass is 391 g/mol. The number of fused-ring (bicyclic) bond motifs is 1. The van der Waals surface area contributed by atoms with Crippen molar-refractivity contribution in [1.29, 1.82) is 0 Å². The standard InChI is InChI=1S/C13H5Cl4N3OS/c14-5-1-2-7-8(3-5)22-13(19-7)20-12(21)11-10(17)9(16)6(15)4-18-11/h1-4H,(H,19,20,21). The number of anilines is 1. The number of carbonyl (C=O) groups excluding carboxylic acids is 1. The third-order valence-corrected chi connectivity index (χ3v) is 5.11. The fourth-order valence-electron chi connectivity index (χ4n) is 1.71.